The summed E-state index contributed by atoms with van der Waals surface area (Å²) in [6, 6.07) is 0.441. The summed E-state index contributed by atoms with van der Waals surface area (Å²) in [4.78, 5) is 4.37. The first-order valence-corrected chi connectivity index (χ1v) is 7.43. The monoisotopic (exact) mass is 316 g/mol. The third-order valence-corrected chi connectivity index (χ3v) is 4.32. The van der Waals surface area contributed by atoms with Crippen molar-refractivity contribution in [2.24, 2.45) is 5.92 Å². The van der Waals surface area contributed by atoms with E-state index >= 15 is 0 Å². The van der Waals surface area contributed by atoms with Crippen LogP contribution in [0.2, 0.25) is 0 Å². The first-order valence-electron chi connectivity index (χ1n) is 6.64. The largest absolute Gasteiger partial charge is 0.345 e. The van der Waals surface area contributed by atoms with Gasteiger partial charge in [0.1, 0.15) is 10.3 Å². The van der Waals surface area contributed by atoms with E-state index < -0.39 is 0 Å². The molecule has 4 nitrogen and oxygen atoms in total. The molecular formula is C13H21BrN2O2. The highest BCUT2D eigenvalue weighted by molar-refractivity contribution is 9.10. The Bertz CT molecular complexity index is 388. The molecule has 0 aromatic carbocycles. The van der Waals surface area contributed by atoms with E-state index in [2.05, 4.69) is 46.3 Å². The Morgan fingerprint density at radius 3 is 2.61 bits per heavy atom. The minimum atomic E-state index is -0.278. The zero-order chi connectivity index (χ0) is 13.1. The first-order chi connectivity index (χ1) is 8.69. The SMILES string of the molecule is CCC(C)C(CC)n1cnc(Br)c1C1OCCO1. The molecule has 1 fully saturated rings. The molecule has 0 N–H and O–H groups in total. The predicted octanol–water partition coefficient (Wildman–Crippen LogP) is 3.69. The Balaban J connectivity index is 2.31. The molecule has 1 aliphatic heterocycles. The Kier molecular flexibility index (Phi) is 4.81. The standard InChI is InChI=1S/C13H21BrN2O2/c1-4-9(3)10(5-2)16-8-15-12(14)11(16)13-17-6-7-18-13/h8-10,13H,4-7H2,1-3H3. The smallest absolute Gasteiger partial charge is 0.202 e. The van der Waals surface area contributed by atoms with Gasteiger partial charge in [0.15, 0.2) is 0 Å². The van der Waals surface area contributed by atoms with Gasteiger partial charge < -0.3 is 14.0 Å². The zero-order valence-corrected chi connectivity index (χ0v) is 12.8. The van der Waals surface area contributed by atoms with Crippen LogP contribution in [0.25, 0.3) is 0 Å². The average molecular weight is 317 g/mol. The summed E-state index contributed by atoms with van der Waals surface area (Å²) in [5.74, 6) is 0.608. The van der Waals surface area contributed by atoms with Gasteiger partial charge in [0.2, 0.25) is 6.29 Å². The van der Waals surface area contributed by atoms with Crippen molar-refractivity contribution in [1.82, 2.24) is 9.55 Å². The number of ether oxygens (including phenoxy) is 2. The summed E-state index contributed by atoms with van der Waals surface area (Å²) in [7, 11) is 0. The average Bonchev–Trinajstić information content (AvgIpc) is 2.99. The molecule has 1 aromatic rings. The Hall–Kier alpha value is -0.390. The van der Waals surface area contributed by atoms with Gasteiger partial charge in [0.25, 0.3) is 0 Å². The fourth-order valence-electron chi connectivity index (χ4n) is 2.49. The van der Waals surface area contributed by atoms with E-state index in [1.165, 1.54) is 0 Å². The summed E-state index contributed by atoms with van der Waals surface area (Å²) in [6.07, 6.45) is 3.85. The van der Waals surface area contributed by atoms with E-state index in [1.54, 1.807) is 0 Å². The molecule has 0 radical (unpaired) electrons. The molecule has 0 aliphatic carbocycles. The molecular weight excluding hydrogens is 296 g/mol. The van der Waals surface area contributed by atoms with Crippen LogP contribution in [0.4, 0.5) is 0 Å². The molecule has 1 saturated heterocycles. The van der Waals surface area contributed by atoms with Gasteiger partial charge in [-0.25, -0.2) is 4.98 Å². The van der Waals surface area contributed by atoms with Crippen LogP contribution >= 0.6 is 15.9 Å². The van der Waals surface area contributed by atoms with Gasteiger partial charge in [-0.2, -0.15) is 0 Å². The Morgan fingerprint density at radius 1 is 1.39 bits per heavy atom. The van der Waals surface area contributed by atoms with Crippen LogP contribution in [-0.4, -0.2) is 22.8 Å². The fraction of sp³-hybridized carbons (Fsp3) is 0.769. The molecule has 0 bridgehead atoms. The Morgan fingerprint density at radius 2 is 2.06 bits per heavy atom. The maximum atomic E-state index is 5.61. The molecule has 2 rings (SSSR count). The lowest BCUT2D eigenvalue weighted by atomic mass is 9.96. The second kappa shape index (κ2) is 6.17. The minimum absolute atomic E-state index is 0.278. The number of imidazole rings is 1. The van der Waals surface area contributed by atoms with Crippen molar-refractivity contribution in [3.8, 4) is 0 Å². The molecule has 2 heterocycles. The van der Waals surface area contributed by atoms with E-state index in [1.807, 2.05) is 6.33 Å². The molecule has 0 amide bonds. The molecule has 18 heavy (non-hydrogen) atoms. The molecule has 102 valence electrons. The topological polar surface area (TPSA) is 36.3 Å². The van der Waals surface area contributed by atoms with Crippen LogP contribution in [-0.2, 0) is 9.47 Å². The van der Waals surface area contributed by atoms with Crippen LogP contribution in [0.1, 0.15) is 51.6 Å². The van der Waals surface area contributed by atoms with Crippen LogP contribution in [0.3, 0.4) is 0 Å². The van der Waals surface area contributed by atoms with Crippen molar-refractivity contribution in [2.45, 2.75) is 45.9 Å². The van der Waals surface area contributed by atoms with Crippen molar-refractivity contribution in [3.05, 3.63) is 16.6 Å². The summed E-state index contributed by atoms with van der Waals surface area (Å²) in [5, 5.41) is 0. The maximum Gasteiger partial charge on any atom is 0.202 e. The number of nitrogens with zero attached hydrogens (tertiary/aromatic N) is 2. The fourth-order valence-corrected chi connectivity index (χ4v) is 2.98. The second-order valence-electron chi connectivity index (χ2n) is 4.76. The molecule has 1 aromatic heterocycles. The molecule has 2 atom stereocenters. The third kappa shape index (κ3) is 2.63. The number of halogens is 1. The molecule has 5 heteroatoms. The molecule has 2 unspecified atom stereocenters. The maximum absolute atomic E-state index is 5.61. The highest BCUT2D eigenvalue weighted by Crippen LogP contribution is 2.34. The lowest BCUT2D eigenvalue weighted by molar-refractivity contribution is -0.0516. The molecule has 0 spiro atoms. The van der Waals surface area contributed by atoms with Crippen molar-refractivity contribution in [1.29, 1.82) is 0 Å². The van der Waals surface area contributed by atoms with Gasteiger partial charge in [0.05, 0.1) is 19.5 Å². The van der Waals surface area contributed by atoms with E-state index in [0.29, 0.717) is 25.2 Å². The van der Waals surface area contributed by atoms with Crippen molar-refractivity contribution >= 4 is 15.9 Å². The number of hydrogen-bond donors (Lipinski definition) is 0. The van der Waals surface area contributed by atoms with E-state index in [9.17, 15) is 0 Å². The summed E-state index contributed by atoms with van der Waals surface area (Å²) in [5.41, 5.74) is 1.01. The van der Waals surface area contributed by atoms with Crippen molar-refractivity contribution < 1.29 is 9.47 Å². The van der Waals surface area contributed by atoms with Gasteiger partial charge in [-0.1, -0.05) is 27.2 Å². The van der Waals surface area contributed by atoms with Gasteiger partial charge in [0, 0.05) is 6.04 Å². The van der Waals surface area contributed by atoms with E-state index in [4.69, 9.17) is 9.47 Å². The number of aromatic nitrogens is 2. The quantitative estimate of drug-likeness (QED) is 0.831. The van der Waals surface area contributed by atoms with Crippen LogP contribution in [0, 0.1) is 5.92 Å². The van der Waals surface area contributed by atoms with Crippen molar-refractivity contribution in [3.63, 3.8) is 0 Å². The van der Waals surface area contributed by atoms with Gasteiger partial charge in [-0.05, 0) is 28.3 Å². The van der Waals surface area contributed by atoms with Crippen LogP contribution in [0.15, 0.2) is 10.9 Å². The summed E-state index contributed by atoms with van der Waals surface area (Å²) in [6.45, 7) is 8.03. The second-order valence-corrected chi connectivity index (χ2v) is 5.51. The minimum Gasteiger partial charge on any atom is -0.345 e. The van der Waals surface area contributed by atoms with E-state index in [0.717, 1.165) is 23.1 Å². The third-order valence-electron chi connectivity index (χ3n) is 3.71. The predicted molar refractivity (Wildman–Crippen MR) is 73.4 cm³/mol. The van der Waals surface area contributed by atoms with Gasteiger partial charge >= 0.3 is 0 Å². The van der Waals surface area contributed by atoms with E-state index in [-0.39, 0.29) is 6.29 Å². The highest BCUT2D eigenvalue weighted by atomic mass is 79.9. The zero-order valence-electron chi connectivity index (χ0n) is 11.2. The van der Waals surface area contributed by atoms with Crippen LogP contribution in [0.5, 0.6) is 0 Å². The Labute approximate surface area is 117 Å². The molecule has 1 aliphatic rings. The summed E-state index contributed by atoms with van der Waals surface area (Å²) < 4.78 is 14.3. The number of hydrogen-bond acceptors (Lipinski definition) is 3. The van der Waals surface area contributed by atoms with Crippen LogP contribution < -0.4 is 0 Å². The normalized spacial score (nSPS) is 20.2. The highest BCUT2D eigenvalue weighted by Gasteiger charge is 2.29. The summed E-state index contributed by atoms with van der Waals surface area (Å²) >= 11 is 3.50. The van der Waals surface area contributed by atoms with Gasteiger partial charge in [-0.3, -0.25) is 0 Å². The first kappa shape index (κ1) is 14.0. The lowest BCUT2D eigenvalue weighted by Gasteiger charge is -2.26. The molecule has 0 saturated carbocycles. The van der Waals surface area contributed by atoms with Crippen molar-refractivity contribution in [2.75, 3.05) is 13.2 Å². The number of rotatable bonds is 5. The lowest BCUT2D eigenvalue weighted by Crippen LogP contribution is -2.19. The van der Waals surface area contributed by atoms with Gasteiger partial charge in [-0.15, -0.1) is 0 Å².